The summed E-state index contributed by atoms with van der Waals surface area (Å²) >= 11 is 0. The molecular formula is C12H16FNO6S. The van der Waals surface area contributed by atoms with Gasteiger partial charge in [-0.1, -0.05) is 0 Å². The average molecular weight is 321 g/mol. The van der Waals surface area contributed by atoms with E-state index >= 15 is 0 Å². The second-order valence-electron chi connectivity index (χ2n) is 3.98. The van der Waals surface area contributed by atoms with Crippen molar-refractivity contribution in [3.05, 3.63) is 29.6 Å². The van der Waals surface area contributed by atoms with Crippen molar-refractivity contribution in [1.29, 1.82) is 0 Å². The summed E-state index contributed by atoms with van der Waals surface area (Å²) in [7, 11) is -3.19. The fourth-order valence-corrected chi connectivity index (χ4v) is 3.32. The molecule has 0 aliphatic heterocycles. The number of sulfonamides is 1. The Morgan fingerprint density at radius 3 is 2.33 bits per heavy atom. The van der Waals surface area contributed by atoms with E-state index in [0.717, 1.165) is 23.5 Å². The lowest BCUT2D eigenvalue weighted by atomic mass is 10.2. The minimum absolute atomic E-state index is 0.292. The van der Waals surface area contributed by atoms with Crippen LogP contribution < -0.4 is 0 Å². The van der Waals surface area contributed by atoms with Crippen molar-refractivity contribution >= 4 is 16.0 Å². The largest absolute Gasteiger partial charge is 0.465 e. The Labute approximate surface area is 121 Å². The summed E-state index contributed by atoms with van der Waals surface area (Å²) in [6, 6.07) is 2.64. The fourth-order valence-electron chi connectivity index (χ4n) is 1.70. The van der Waals surface area contributed by atoms with E-state index in [1.54, 1.807) is 0 Å². The number of carbonyl (C=O) groups excluding carboxylic acids is 1. The predicted octanol–water partition coefficient (Wildman–Crippen LogP) is -0.412. The van der Waals surface area contributed by atoms with Crippen molar-refractivity contribution < 1.29 is 32.6 Å². The molecule has 21 heavy (non-hydrogen) atoms. The zero-order valence-electron chi connectivity index (χ0n) is 11.3. The second-order valence-corrected chi connectivity index (χ2v) is 5.89. The summed E-state index contributed by atoms with van der Waals surface area (Å²) < 4.78 is 43.4. The highest BCUT2D eigenvalue weighted by Gasteiger charge is 2.29. The van der Waals surface area contributed by atoms with Gasteiger partial charge in [-0.25, -0.2) is 17.6 Å². The number of ether oxygens (including phenoxy) is 1. The van der Waals surface area contributed by atoms with Crippen LogP contribution in [0.1, 0.15) is 10.4 Å². The monoisotopic (exact) mass is 321 g/mol. The minimum atomic E-state index is -4.26. The maximum atomic E-state index is 13.3. The number of rotatable bonds is 7. The lowest BCUT2D eigenvalue weighted by Crippen LogP contribution is -2.36. The molecule has 0 aromatic heterocycles. The Hall–Kier alpha value is -1.55. The number of esters is 1. The number of hydrogen-bond donors (Lipinski definition) is 2. The molecule has 0 heterocycles. The number of carbonyl (C=O) groups is 1. The lowest BCUT2D eigenvalue weighted by molar-refractivity contribution is 0.0596. The van der Waals surface area contributed by atoms with E-state index < -0.39 is 39.9 Å². The highest BCUT2D eigenvalue weighted by molar-refractivity contribution is 7.89. The van der Waals surface area contributed by atoms with Crippen molar-refractivity contribution in [2.24, 2.45) is 0 Å². The number of aliphatic hydroxyl groups excluding tert-OH is 2. The molecule has 0 atom stereocenters. The van der Waals surface area contributed by atoms with Crippen molar-refractivity contribution in [2.75, 3.05) is 33.4 Å². The number of nitrogens with zero attached hydrogens (tertiary/aromatic N) is 1. The standard InChI is InChI=1S/C12H16FNO6S/c1-20-12(17)10-3-2-9(13)8-11(10)21(18,19)14(4-6-15)5-7-16/h2-3,8,15-16H,4-7H2,1H3. The maximum absolute atomic E-state index is 13.3. The Morgan fingerprint density at radius 1 is 1.29 bits per heavy atom. The quantitative estimate of drug-likeness (QED) is 0.662. The number of aliphatic hydroxyl groups is 2. The summed E-state index contributed by atoms with van der Waals surface area (Å²) in [5.41, 5.74) is -0.320. The molecule has 0 unspecified atom stereocenters. The van der Waals surface area contributed by atoms with Crippen LogP contribution in [0.5, 0.6) is 0 Å². The first-order chi connectivity index (χ1) is 9.88. The van der Waals surface area contributed by atoms with E-state index in [9.17, 15) is 17.6 Å². The molecule has 0 radical (unpaired) electrons. The number of benzene rings is 1. The lowest BCUT2D eigenvalue weighted by Gasteiger charge is -2.21. The molecule has 0 fully saturated rings. The van der Waals surface area contributed by atoms with E-state index in [-0.39, 0.29) is 18.7 Å². The molecule has 0 bridgehead atoms. The molecule has 0 aliphatic rings. The van der Waals surface area contributed by atoms with Gasteiger partial charge in [0.2, 0.25) is 10.0 Å². The van der Waals surface area contributed by atoms with Crippen molar-refractivity contribution in [3.63, 3.8) is 0 Å². The summed E-state index contributed by atoms with van der Waals surface area (Å²) in [5, 5.41) is 17.8. The molecular weight excluding hydrogens is 305 g/mol. The molecule has 0 saturated heterocycles. The number of hydrogen-bond acceptors (Lipinski definition) is 6. The summed E-state index contributed by atoms with van der Waals surface area (Å²) in [5.74, 6) is -1.77. The average Bonchev–Trinajstić information content (AvgIpc) is 2.46. The van der Waals surface area contributed by atoms with Crippen LogP contribution in [0.25, 0.3) is 0 Å². The van der Waals surface area contributed by atoms with Crippen LogP contribution in [0.15, 0.2) is 23.1 Å². The first-order valence-electron chi connectivity index (χ1n) is 5.98. The molecule has 2 N–H and O–H groups in total. The SMILES string of the molecule is COC(=O)c1ccc(F)cc1S(=O)(=O)N(CCO)CCO. The topological polar surface area (TPSA) is 104 Å². The van der Waals surface area contributed by atoms with Gasteiger partial charge < -0.3 is 14.9 Å². The van der Waals surface area contributed by atoms with Gasteiger partial charge in [-0.2, -0.15) is 4.31 Å². The third-order valence-electron chi connectivity index (χ3n) is 2.67. The van der Waals surface area contributed by atoms with Gasteiger partial charge in [0.15, 0.2) is 0 Å². The molecule has 0 aliphatic carbocycles. The number of halogens is 1. The fraction of sp³-hybridized carbons (Fsp3) is 0.417. The third kappa shape index (κ3) is 3.97. The Kier molecular flexibility index (Phi) is 6.21. The normalized spacial score (nSPS) is 11.7. The Balaban J connectivity index is 3.41. The van der Waals surface area contributed by atoms with E-state index in [1.807, 2.05) is 0 Å². The smallest absolute Gasteiger partial charge is 0.339 e. The van der Waals surface area contributed by atoms with Gasteiger partial charge in [0, 0.05) is 13.1 Å². The Bertz CT molecular complexity index is 598. The molecule has 0 spiro atoms. The van der Waals surface area contributed by atoms with Crippen LogP contribution in [0.4, 0.5) is 4.39 Å². The second kappa shape index (κ2) is 7.46. The van der Waals surface area contributed by atoms with Gasteiger partial charge in [-0.05, 0) is 18.2 Å². The molecule has 1 aromatic carbocycles. The Morgan fingerprint density at radius 2 is 1.86 bits per heavy atom. The highest BCUT2D eigenvalue weighted by Crippen LogP contribution is 2.22. The van der Waals surface area contributed by atoms with Crippen LogP contribution >= 0.6 is 0 Å². The molecule has 0 saturated carbocycles. The molecule has 0 amide bonds. The third-order valence-corrected chi connectivity index (χ3v) is 4.60. The predicted molar refractivity (Wildman–Crippen MR) is 70.7 cm³/mol. The summed E-state index contributed by atoms with van der Waals surface area (Å²) in [4.78, 5) is 11.0. The van der Waals surface area contributed by atoms with Gasteiger partial charge in [0.05, 0.1) is 30.8 Å². The molecule has 1 aromatic rings. The molecule has 118 valence electrons. The van der Waals surface area contributed by atoms with Gasteiger partial charge in [-0.15, -0.1) is 0 Å². The van der Waals surface area contributed by atoms with Crippen LogP contribution in [0.3, 0.4) is 0 Å². The summed E-state index contributed by atoms with van der Waals surface area (Å²) in [6.45, 7) is -1.55. The maximum Gasteiger partial charge on any atom is 0.339 e. The zero-order valence-corrected chi connectivity index (χ0v) is 12.1. The molecule has 1 rings (SSSR count). The van der Waals surface area contributed by atoms with E-state index in [1.165, 1.54) is 0 Å². The first-order valence-corrected chi connectivity index (χ1v) is 7.42. The van der Waals surface area contributed by atoms with Crippen molar-refractivity contribution in [1.82, 2.24) is 4.31 Å². The van der Waals surface area contributed by atoms with Gasteiger partial charge in [0.1, 0.15) is 5.82 Å². The van der Waals surface area contributed by atoms with Gasteiger partial charge in [-0.3, -0.25) is 0 Å². The minimum Gasteiger partial charge on any atom is -0.465 e. The van der Waals surface area contributed by atoms with Crippen LogP contribution in [0.2, 0.25) is 0 Å². The summed E-state index contributed by atoms with van der Waals surface area (Å²) in [6.07, 6.45) is 0. The number of methoxy groups -OCH3 is 1. The van der Waals surface area contributed by atoms with E-state index in [4.69, 9.17) is 10.2 Å². The van der Waals surface area contributed by atoms with E-state index in [0.29, 0.717) is 6.07 Å². The van der Waals surface area contributed by atoms with Crippen LogP contribution in [-0.2, 0) is 14.8 Å². The van der Waals surface area contributed by atoms with Crippen molar-refractivity contribution in [3.8, 4) is 0 Å². The molecule has 7 nitrogen and oxygen atoms in total. The zero-order chi connectivity index (χ0) is 16.0. The molecule has 9 heteroatoms. The van der Waals surface area contributed by atoms with Gasteiger partial charge in [0.25, 0.3) is 0 Å². The van der Waals surface area contributed by atoms with Crippen LogP contribution in [0, 0.1) is 5.82 Å². The van der Waals surface area contributed by atoms with Crippen molar-refractivity contribution in [2.45, 2.75) is 4.90 Å². The van der Waals surface area contributed by atoms with Crippen LogP contribution in [-0.4, -0.2) is 62.3 Å². The first kappa shape index (κ1) is 17.5. The van der Waals surface area contributed by atoms with E-state index in [2.05, 4.69) is 4.74 Å². The van der Waals surface area contributed by atoms with Gasteiger partial charge >= 0.3 is 5.97 Å². The highest BCUT2D eigenvalue weighted by atomic mass is 32.2.